The standard InChI is InChI=1S/C13H19N3O3/c1-8(12(18)14-3)7-16(4)13(19)10-6-15-9(2)5-11(10)17/h5-6,8H,7H2,1-4H3,(H,14,18)(H,15,17). The minimum atomic E-state index is -0.392. The number of nitrogens with zero attached hydrogens (tertiary/aromatic N) is 1. The van der Waals surface area contributed by atoms with Crippen LogP contribution in [0.4, 0.5) is 0 Å². The van der Waals surface area contributed by atoms with E-state index in [-0.39, 0.29) is 29.4 Å². The van der Waals surface area contributed by atoms with Gasteiger partial charge in [0.2, 0.25) is 5.91 Å². The fourth-order valence-electron chi connectivity index (χ4n) is 1.77. The molecule has 6 nitrogen and oxygen atoms in total. The lowest BCUT2D eigenvalue weighted by Crippen LogP contribution is -2.38. The van der Waals surface area contributed by atoms with E-state index in [0.717, 1.165) is 0 Å². The average molecular weight is 265 g/mol. The summed E-state index contributed by atoms with van der Waals surface area (Å²) in [6, 6.07) is 1.38. The van der Waals surface area contributed by atoms with Gasteiger partial charge in [0.1, 0.15) is 5.56 Å². The Bertz CT molecular complexity index is 536. The number of amides is 2. The van der Waals surface area contributed by atoms with Crippen molar-refractivity contribution in [3.63, 3.8) is 0 Å². The first-order chi connectivity index (χ1) is 8.86. The predicted molar refractivity (Wildman–Crippen MR) is 72.0 cm³/mol. The van der Waals surface area contributed by atoms with Crippen molar-refractivity contribution in [3.05, 3.63) is 33.7 Å². The lowest BCUT2D eigenvalue weighted by Gasteiger charge is -2.20. The molecule has 2 N–H and O–H groups in total. The Hall–Kier alpha value is -2.11. The molecule has 0 aliphatic rings. The lowest BCUT2D eigenvalue weighted by atomic mass is 10.1. The molecule has 2 amide bonds. The van der Waals surface area contributed by atoms with Crippen molar-refractivity contribution >= 4 is 11.8 Å². The van der Waals surface area contributed by atoms with Crippen LogP contribution in [0.2, 0.25) is 0 Å². The van der Waals surface area contributed by atoms with Crippen molar-refractivity contribution < 1.29 is 9.59 Å². The van der Waals surface area contributed by atoms with Gasteiger partial charge < -0.3 is 15.2 Å². The summed E-state index contributed by atoms with van der Waals surface area (Å²) in [6.45, 7) is 3.72. The maximum absolute atomic E-state index is 12.1. The molecule has 1 rings (SSSR count). The summed E-state index contributed by atoms with van der Waals surface area (Å²) in [5, 5.41) is 2.52. The molecule has 104 valence electrons. The lowest BCUT2D eigenvalue weighted by molar-refractivity contribution is -0.124. The van der Waals surface area contributed by atoms with E-state index in [9.17, 15) is 14.4 Å². The van der Waals surface area contributed by atoms with Gasteiger partial charge in [-0.25, -0.2) is 0 Å². The topological polar surface area (TPSA) is 82.3 Å². The number of nitrogens with one attached hydrogen (secondary N) is 2. The largest absolute Gasteiger partial charge is 0.364 e. The van der Waals surface area contributed by atoms with E-state index in [1.165, 1.54) is 17.2 Å². The number of pyridine rings is 1. The highest BCUT2D eigenvalue weighted by molar-refractivity contribution is 5.94. The molecule has 1 heterocycles. The summed E-state index contributed by atoms with van der Waals surface area (Å²) in [5.74, 6) is -0.863. The smallest absolute Gasteiger partial charge is 0.259 e. The van der Waals surface area contributed by atoms with Crippen LogP contribution in [0.1, 0.15) is 23.0 Å². The first-order valence-electron chi connectivity index (χ1n) is 6.03. The van der Waals surface area contributed by atoms with Gasteiger partial charge in [0.05, 0.1) is 5.92 Å². The Morgan fingerprint density at radius 1 is 1.47 bits per heavy atom. The van der Waals surface area contributed by atoms with Gasteiger partial charge in [0.15, 0.2) is 5.43 Å². The molecule has 0 saturated heterocycles. The van der Waals surface area contributed by atoms with E-state index < -0.39 is 5.91 Å². The van der Waals surface area contributed by atoms with Crippen LogP contribution >= 0.6 is 0 Å². The number of hydrogen-bond acceptors (Lipinski definition) is 3. The molecular formula is C13H19N3O3. The van der Waals surface area contributed by atoms with Crippen LogP contribution < -0.4 is 10.7 Å². The van der Waals surface area contributed by atoms with Crippen LogP contribution in [-0.4, -0.2) is 42.3 Å². The normalized spacial score (nSPS) is 11.8. The van der Waals surface area contributed by atoms with Crippen molar-refractivity contribution in [1.29, 1.82) is 0 Å². The third-order valence-electron chi connectivity index (χ3n) is 2.88. The molecule has 19 heavy (non-hydrogen) atoms. The van der Waals surface area contributed by atoms with Gasteiger partial charge in [0, 0.05) is 38.6 Å². The number of carbonyl (C=O) groups is 2. The van der Waals surface area contributed by atoms with Crippen molar-refractivity contribution in [2.45, 2.75) is 13.8 Å². The molecule has 1 aromatic rings. The number of rotatable bonds is 4. The Morgan fingerprint density at radius 2 is 2.11 bits per heavy atom. The maximum Gasteiger partial charge on any atom is 0.259 e. The molecule has 0 saturated carbocycles. The molecule has 0 aliphatic heterocycles. The van der Waals surface area contributed by atoms with Gasteiger partial charge >= 0.3 is 0 Å². The minimum Gasteiger partial charge on any atom is -0.364 e. The fraction of sp³-hybridized carbons (Fsp3) is 0.462. The summed E-state index contributed by atoms with van der Waals surface area (Å²) in [7, 11) is 3.12. The van der Waals surface area contributed by atoms with E-state index >= 15 is 0 Å². The van der Waals surface area contributed by atoms with Crippen LogP contribution in [0.3, 0.4) is 0 Å². The fourth-order valence-corrected chi connectivity index (χ4v) is 1.77. The zero-order chi connectivity index (χ0) is 14.6. The highest BCUT2D eigenvalue weighted by Crippen LogP contribution is 2.03. The number of hydrogen-bond donors (Lipinski definition) is 2. The quantitative estimate of drug-likeness (QED) is 0.812. The van der Waals surface area contributed by atoms with E-state index in [4.69, 9.17) is 0 Å². The molecule has 0 radical (unpaired) electrons. The zero-order valence-electron chi connectivity index (χ0n) is 11.6. The second-order valence-electron chi connectivity index (χ2n) is 4.59. The molecule has 6 heteroatoms. The molecule has 0 aliphatic carbocycles. The van der Waals surface area contributed by atoms with Crippen LogP contribution in [0.15, 0.2) is 17.1 Å². The molecular weight excluding hydrogens is 246 g/mol. The van der Waals surface area contributed by atoms with Gasteiger partial charge in [-0.15, -0.1) is 0 Å². The Morgan fingerprint density at radius 3 is 2.63 bits per heavy atom. The average Bonchev–Trinajstić information content (AvgIpc) is 2.36. The number of aryl methyl sites for hydroxylation is 1. The number of aromatic nitrogens is 1. The molecule has 0 spiro atoms. The second kappa shape index (κ2) is 6.17. The van der Waals surface area contributed by atoms with Crippen LogP contribution in [0.25, 0.3) is 0 Å². The van der Waals surface area contributed by atoms with Crippen molar-refractivity contribution in [2.75, 3.05) is 20.6 Å². The van der Waals surface area contributed by atoms with Gasteiger partial charge in [-0.1, -0.05) is 6.92 Å². The van der Waals surface area contributed by atoms with E-state index in [1.807, 2.05) is 0 Å². The summed E-state index contributed by atoms with van der Waals surface area (Å²) in [4.78, 5) is 39.4. The highest BCUT2D eigenvalue weighted by Gasteiger charge is 2.20. The third-order valence-corrected chi connectivity index (χ3v) is 2.88. The van der Waals surface area contributed by atoms with E-state index in [1.54, 1.807) is 27.9 Å². The van der Waals surface area contributed by atoms with Crippen molar-refractivity contribution in [2.24, 2.45) is 5.92 Å². The number of aromatic amines is 1. The molecule has 0 fully saturated rings. The summed E-state index contributed by atoms with van der Waals surface area (Å²) in [5.41, 5.74) is 0.459. The summed E-state index contributed by atoms with van der Waals surface area (Å²) in [6.07, 6.45) is 1.40. The zero-order valence-corrected chi connectivity index (χ0v) is 11.6. The SMILES string of the molecule is CNC(=O)C(C)CN(C)C(=O)c1c[nH]c(C)cc1=O. The highest BCUT2D eigenvalue weighted by atomic mass is 16.2. The molecule has 1 aromatic heterocycles. The monoisotopic (exact) mass is 265 g/mol. The van der Waals surface area contributed by atoms with Crippen molar-refractivity contribution in [3.8, 4) is 0 Å². The summed E-state index contributed by atoms with van der Waals surface area (Å²) >= 11 is 0. The molecule has 1 atom stereocenters. The first-order valence-corrected chi connectivity index (χ1v) is 6.03. The van der Waals surface area contributed by atoms with E-state index in [0.29, 0.717) is 5.69 Å². The minimum absolute atomic E-state index is 0.0807. The third kappa shape index (κ3) is 3.67. The number of H-pyrrole nitrogens is 1. The molecule has 1 unspecified atom stereocenters. The summed E-state index contributed by atoms with van der Waals surface area (Å²) < 4.78 is 0. The van der Waals surface area contributed by atoms with Crippen LogP contribution in [0, 0.1) is 12.8 Å². The maximum atomic E-state index is 12.1. The Balaban J connectivity index is 2.82. The predicted octanol–water partition coefficient (Wildman–Crippen LogP) is 0.137. The Labute approximate surface area is 111 Å². The van der Waals surface area contributed by atoms with Gasteiger partial charge in [-0.05, 0) is 6.92 Å². The van der Waals surface area contributed by atoms with Gasteiger partial charge in [0.25, 0.3) is 5.91 Å². The van der Waals surface area contributed by atoms with Crippen LogP contribution in [-0.2, 0) is 4.79 Å². The molecule has 0 bridgehead atoms. The van der Waals surface area contributed by atoms with Gasteiger partial charge in [-0.3, -0.25) is 14.4 Å². The van der Waals surface area contributed by atoms with Crippen LogP contribution in [0.5, 0.6) is 0 Å². The van der Waals surface area contributed by atoms with Crippen molar-refractivity contribution in [1.82, 2.24) is 15.2 Å². The second-order valence-corrected chi connectivity index (χ2v) is 4.59. The van der Waals surface area contributed by atoms with E-state index in [2.05, 4.69) is 10.3 Å². The Kier molecular flexibility index (Phi) is 4.86. The number of carbonyl (C=O) groups excluding carboxylic acids is 2. The van der Waals surface area contributed by atoms with Gasteiger partial charge in [-0.2, -0.15) is 0 Å². The molecule has 0 aromatic carbocycles. The first kappa shape index (κ1) is 14.9.